The number of ether oxygens (including phenoxy) is 1. The first-order chi connectivity index (χ1) is 9.67. The summed E-state index contributed by atoms with van der Waals surface area (Å²) >= 11 is 0. The molecule has 0 unspecified atom stereocenters. The Morgan fingerprint density at radius 2 is 2.05 bits per heavy atom. The summed E-state index contributed by atoms with van der Waals surface area (Å²) in [5.41, 5.74) is 2.10. The predicted molar refractivity (Wildman–Crippen MR) is 80.5 cm³/mol. The van der Waals surface area contributed by atoms with Crippen molar-refractivity contribution in [1.29, 1.82) is 0 Å². The average molecular weight is 278 g/mol. The SMILES string of the molecule is CCCCCc1c(C=C(C=O)CC)ccc(OC)c1F. The van der Waals surface area contributed by atoms with Crippen LogP contribution in [-0.4, -0.2) is 13.4 Å². The molecule has 0 aromatic heterocycles. The summed E-state index contributed by atoms with van der Waals surface area (Å²) in [4.78, 5) is 10.9. The van der Waals surface area contributed by atoms with E-state index >= 15 is 0 Å². The van der Waals surface area contributed by atoms with Gasteiger partial charge >= 0.3 is 0 Å². The van der Waals surface area contributed by atoms with Crippen LogP contribution in [0.4, 0.5) is 4.39 Å². The number of aldehydes is 1. The van der Waals surface area contributed by atoms with Gasteiger partial charge < -0.3 is 4.74 Å². The number of methoxy groups -OCH3 is 1. The van der Waals surface area contributed by atoms with Gasteiger partial charge in [0.2, 0.25) is 0 Å². The highest BCUT2D eigenvalue weighted by atomic mass is 19.1. The lowest BCUT2D eigenvalue weighted by Gasteiger charge is -2.11. The lowest BCUT2D eigenvalue weighted by Crippen LogP contribution is -1.99. The molecule has 0 aliphatic carbocycles. The van der Waals surface area contributed by atoms with Crippen LogP contribution in [0.25, 0.3) is 6.08 Å². The molecule has 0 aliphatic rings. The third-order valence-corrected chi connectivity index (χ3v) is 3.39. The zero-order valence-electron chi connectivity index (χ0n) is 12.5. The molecule has 3 heteroatoms. The number of halogens is 1. The van der Waals surface area contributed by atoms with Crippen molar-refractivity contribution in [2.75, 3.05) is 7.11 Å². The first-order valence-corrected chi connectivity index (χ1v) is 7.19. The van der Waals surface area contributed by atoms with E-state index in [1.165, 1.54) is 7.11 Å². The van der Waals surface area contributed by atoms with Crippen LogP contribution in [0.1, 0.15) is 50.7 Å². The monoisotopic (exact) mass is 278 g/mol. The Kier molecular flexibility index (Phi) is 6.99. The van der Waals surface area contributed by atoms with Crippen LogP contribution in [0.2, 0.25) is 0 Å². The van der Waals surface area contributed by atoms with E-state index in [0.29, 0.717) is 24.0 Å². The second-order valence-corrected chi connectivity index (χ2v) is 4.80. The number of allylic oxidation sites excluding steroid dienone is 1. The molecule has 0 bridgehead atoms. The number of hydrogen-bond acceptors (Lipinski definition) is 2. The summed E-state index contributed by atoms with van der Waals surface area (Å²) in [6.07, 6.45) is 7.00. The van der Waals surface area contributed by atoms with Crippen molar-refractivity contribution in [3.63, 3.8) is 0 Å². The van der Waals surface area contributed by atoms with Gasteiger partial charge in [0.25, 0.3) is 0 Å². The molecule has 20 heavy (non-hydrogen) atoms. The molecular weight excluding hydrogens is 255 g/mol. The van der Waals surface area contributed by atoms with Gasteiger partial charge in [-0.2, -0.15) is 0 Å². The summed E-state index contributed by atoms with van der Waals surface area (Å²) in [7, 11) is 1.46. The van der Waals surface area contributed by atoms with Crippen LogP contribution in [0.15, 0.2) is 17.7 Å². The van der Waals surface area contributed by atoms with E-state index < -0.39 is 0 Å². The van der Waals surface area contributed by atoms with E-state index in [0.717, 1.165) is 31.1 Å². The molecule has 1 rings (SSSR count). The first kappa shape index (κ1) is 16.4. The Hall–Kier alpha value is -1.64. The maximum atomic E-state index is 14.4. The topological polar surface area (TPSA) is 26.3 Å². The van der Waals surface area contributed by atoms with Crippen LogP contribution >= 0.6 is 0 Å². The lowest BCUT2D eigenvalue weighted by molar-refractivity contribution is -0.104. The van der Waals surface area contributed by atoms with E-state index in [1.54, 1.807) is 12.1 Å². The summed E-state index contributed by atoms with van der Waals surface area (Å²) in [5.74, 6) is -0.0449. The lowest BCUT2D eigenvalue weighted by atomic mass is 9.98. The Labute approximate surface area is 120 Å². The Bertz CT molecular complexity index is 478. The molecule has 0 radical (unpaired) electrons. The van der Waals surface area contributed by atoms with Crippen molar-refractivity contribution in [2.24, 2.45) is 0 Å². The van der Waals surface area contributed by atoms with Gasteiger partial charge in [0.15, 0.2) is 11.6 Å². The molecule has 0 saturated heterocycles. The van der Waals surface area contributed by atoms with Gasteiger partial charge in [0, 0.05) is 0 Å². The third kappa shape index (κ3) is 4.19. The molecular formula is C17H23FO2. The summed E-state index contributed by atoms with van der Waals surface area (Å²) in [5, 5.41) is 0. The Balaban J connectivity index is 3.18. The van der Waals surface area contributed by atoms with Gasteiger partial charge in [0.05, 0.1) is 7.11 Å². The predicted octanol–water partition coefficient (Wildman–Crippen LogP) is 4.56. The Morgan fingerprint density at radius 3 is 2.60 bits per heavy atom. The Morgan fingerprint density at radius 1 is 1.30 bits per heavy atom. The van der Waals surface area contributed by atoms with Gasteiger partial charge in [-0.25, -0.2) is 4.39 Å². The van der Waals surface area contributed by atoms with E-state index in [-0.39, 0.29) is 11.6 Å². The molecule has 0 amide bonds. The highest BCUT2D eigenvalue weighted by molar-refractivity contribution is 5.82. The molecule has 1 aromatic carbocycles. The van der Waals surface area contributed by atoms with Crippen molar-refractivity contribution in [3.8, 4) is 5.75 Å². The largest absolute Gasteiger partial charge is 0.494 e. The molecule has 0 heterocycles. The minimum absolute atomic E-state index is 0.262. The van der Waals surface area contributed by atoms with Crippen LogP contribution in [0.3, 0.4) is 0 Å². The summed E-state index contributed by atoms with van der Waals surface area (Å²) in [6, 6.07) is 3.44. The summed E-state index contributed by atoms with van der Waals surface area (Å²) in [6.45, 7) is 4.03. The van der Waals surface area contributed by atoms with Crippen LogP contribution in [-0.2, 0) is 11.2 Å². The van der Waals surface area contributed by atoms with Gasteiger partial charge in [-0.1, -0.05) is 32.8 Å². The van der Waals surface area contributed by atoms with Crippen molar-refractivity contribution in [2.45, 2.75) is 46.0 Å². The molecule has 1 aromatic rings. The normalized spacial score (nSPS) is 11.5. The van der Waals surface area contributed by atoms with Gasteiger partial charge in [-0.05, 0) is 48.1 Å². The molecule has 0 spiro atoms. The van der Waals surface area contributed by atoms with E-state index in [9.17, 15) is 9.18 Å². The zero-order chi connectivity index (χ0) is 15.0. The average Bonchev–Trinajstić information content (AvgIpc) is 2.47. The number of rotatable bonds is 8. The second kappa shape index (κ2) is 8.51. The zero-order valence-corrected chi connectivity index (χ0v) is 12.5. The van der Waals surface area contributed by atoms with Gasteiger partial charge in [0.1, 0.15) is 6.29 Å². The van der Waals surface area contributed by atoms with E-state index in [4.69, 9.17) is 4.74 Å². The van der Waals surface area contributed by atoms with Crippen LogP contribution in [0.5, 0.6) is 5.75 Å². The maximum Gasteiger partial charge on any atom is 0.168 e. The molecule has 0 aliphatic heterocycles. The van der Waals surface area contributed by atoms with E-state index in [1.807, 2.05) is 13.0 Å². The molecule has 0 saturated carbocycles. The summed E-state index contributed by atoms with van der Waals surface area (Å²) < 4.78 is 19.4. The van der Waals surface area contributed by atoms with E-state index in [2.05, 4.69) is 6.92 Å². The molecule has 0 fully saturated rings. The molecule has 2 nitrogen and oxygen atoms in total. The number of benzene rings is 1. The fourth-order valence-electron chi connectivity index (χ4n) is 2.13. The quantitative estimate of drug-likeness (QED) is 0.396. The second-order valence-electron chi connectivity index (χ2n) is 4.80. The fourth-order valence-corrected chi connectivity index (χ4v) is 2.13. The smallest absolute Gasteiger partial charge is 0.168 e. The van der Waals surface area contributed by atoms with Crippen molar-refractivity contribution in [1.82, 2.24) is 0 Å². The van der Waals surface area contributed by atoms with Gasteiger partial charge in [-0.3, -0.25) is 4.79 Å². The molecule has 110 valence electrons. The van der Waals surface area contributed by atoms with Gasteiger partial charge in [-0.15, -0.1) is 0 Å². The minimum Gasteiger partial charge on any atom is -0.494 e. The highest BCUT2D eigenvalue weighted by Crippen LogP contribution is 2.27. The number of unbranched alkanes of at least 4 members (excludes halogenated alkanes) is 2. The minimum atomic E-state index is -0.307. The number of hydrogen-bond donors (Lipinski definition) is 0. The number of carbonyl (C=O) groups excluding carboxylic acids is 1. The molecule has 0 N–H and O–H groups in total. The third-order valence-electron chi connectivity index (χ3n) is 3.39. The first-order valence-electron chi connectivity index (χ1n) is 7.19. The fraction of sp³-hybridized carbons (Fsp3) is 0.471. The molecule has 0 atom stereocenters. The van der Waals surface area contributed by atoms with Crippen LogP contribution in [0, 0.1) is 5.82 Å². The van der Waals surface area contributed by atoms with Crippen molar-refractivity contribution >= 4 is 12.4 Å². The van der Waals surface area contributed by atoms with Crippen molar-refractivity contribution < 1.29 is 13.9 Å². The standard InChI is InChI=1S/C17H23FO2/c1-4-6-7-8-15-14(11-13(5-2)12-19)9-10-16(20-3)17(15)18/h9-12H,4-8H2,1-3H3. The van der Waals surface area contributed by atoms with Crippen LogP contribution < -0.4 is 4.74 Å². The van der Waals surface area contributed by atoms with Crippen molar-refractivity contribution in [3.05, 3.63) is 34.6 Å². The number of carbonyl (C=O) groups is 1. The highest BCUT2D eigenvalue weighted by Gasteiger charge is 2.13. The maximum absolute atomic E-state index is 14.4.